The van der Waals surface area contributed by atoms with Gasteiger partial charge in [-0.3, -0.25) is 0 Å². The van der Waals surface area contributed by atoms with Crippen molar-refractivity contribution in [3.8, 4) is 0 Å². The fourth-order valence-corrected chi connectivity index (χ4v) is 2.38. The topological polar surface area (TPSA) is 57.1 Å². The zero-order valence-corrected chi connectivity index (χ0v) is 14.0. The standard InChI is InChI=1S/C16H31NO4/c1-15(17-14-18)12-10-8-6-5-7-9-11-13-16(19-2,20-3)21-4/h15H,5-13H2,1-4H3. The van der Waals surface area contributed by atoms with Crippen molar-refractivity contribution < 1.29 is 19.0 Å². The number of hydrogen-bond donors (Lipinski definition) is 0. The Hall–Kier alpha value is -0.740. The molecule has 21 heavy (non-hydrogen) atoms. The van der Waals surface area contributed by atoms with E-state index in [1.54, 1.807) is 27.4 Å². The molecule has 0 bridgehead atoms. The average molecular weight is 301 g/mol. The monoisotopic (exact) mass is 301 g/mol. The van der Waals surface area contributed by atoms with Crippen LogP contribution in [0, 0.1) is 0 Å². The predicted octanol–water partition coefficient (Wildman–Crippen LogP) is 3.81. The molecule has 0 rings (SSSR count). The van der Waals surface area contributed by atoms with E-state index in [4.69, 9.17) is 14.2 Å². The van der Waals surface area contributed by atoms with Crippen LogP contribution in [0.25, 0.3) is 0 Å². The molecule has 0 saturated carbocycles. The number of nitrogens with zero attached hydrogens (tertiary/aromatic N) is 1. The molecule has 0 heterocycles. The van der Waals surface area contributed by atoms with Crippen LogP contribution in [-0.4, -0.2) is 39.4 Å². The third-order valence-corrected chi connectivity index (χ3v) is 3.81. The van der Waals surface area contributed by atoms with E-state index in [0.717, 1.165) is 32.1 Å². The van der Waals surface area contributed by atoms with Gasteiger partial charge in [-0.1, -0.05) is 38.5 Å². The van der Waals surface area contributed by atoms with Crippen molar-refractivity contribution in [2.45, 2.75) is 76.7 Å². The van der Waals surface area contributed by atoms with Crippen LogP contribution in [0.1, 0.15) is 64.7 Å². The maximum atomic E-state index is 10.1. The molecular formula is C16H31NO4. The van der Waals surface area contributed by atoms with Gasteiger partial charge < -0.3 is 14.2 Å². The van der Waals surface area contributed by atoms with Gasteiger partial charge in [-0.15, -0.1) is 0 Å². The first-order chi connectivity index (χ1) is 10.1. The Morgan fingerprint density at radius 1 is 0.905 bits per heavy atom. The summed E-state index contributed by atoms with van der Waals surface area (Å²) >= 11 is 0. The van der Waals surface area contributed by atoms with Crippen molar-refractivity contribution in [2.24, 2.45) is 4.99 Å². The second-order valence-electron chi connectivity index (χ2n) is 5.38. The third kappa shape index (κ3) is 9.75. The summed E-state index contributed by atoms with van der Waals surface area (Å²) in [5, 5.41) is 0. The molecule has 0 aromatic rings. The summed E-state index contributed by atoms with van der Waals surface area (Å²) in [6.45, 7) is 1.96. The van der Waals surface area contributed by atoms with Crippen LogP contribution < -0.4 is 0 Å². The first kappa shape index (κ1) is 20.3. The van der Waals surface area contributed by atoms with Gasteiger partial charge in [0.25, 0.3) is 5.97 Å². The summed E-state index contributed by atoms with van der Waals surface area (Å²) in [6.07, 6.45) is 11.6. The van der Waals surface area contributed by atoms with Crippen LogP contribution in [0.4, 0.5) is 0 Å². The van der Waals surface area contributed by atoms with E-state index in [2.05, 4.69) is 4.99 Å². The first-order valence-electron chi connectivity index (χ1n) is 7.86. The molecule has 1 atom stereocenters. The molecule has 0 amide bonds. The van der Waals surface area contributed by atoms with Crippen LogP contribution in [0.5, 0.6) is 0 Å². The number of unbranched alkanes of at least 4 members (excludes halogenated alkanes) is 6. The molecule has 1 unspecified atom stereocenters. The van der Waals surface area contributed by atoms with E-state index in [-0.39, 0.29) is 6.04 Å². The number of aliphatic imine (C=N–C) groups is 1. The van der Waals surface area contributed by atoms with Gasteiger partial charge >= 0.3 is 0 Å². The number of isocyanates is 1. The van der Waals surface area contributed by atoms with Crippen LogP contribution in [-0.2, 0) is 19.0 Å². The number of rotatable bonds is 14. The first-order valence-corrected chi connectivity index (χ1v) is 7.86. The average Bonchev–Trinajstić information content (AvgIpc) is 2.50. The zero-order valence-electron chi connectivity index (χ0n) is 14.0. The Morgan fingerprint density at radius 2 is 1.38 bits per heavy atom. The lowest BCUT2D eigenvalue weighted by molar-refractivity contribution is -0.355. The summed E-state index contributed by atoms with van der Waals surface area (Å²) < 4.78 is 15.8. The molecular weight excluding hydrogens is 270 g/mol. The second kappa shape index (κ2) is 13.0. The molecule has 0 N–H and O–H groups in total. The van der Waals surface area contributed by atoms with Gasteiger partial charge in [-0.25, -0.2) is 9.79 Å². The van der Waals surface area contributed by atoms with E-state index in [0.29, 0.717) is 0 Å². The molecule has 0 saturated heterocycles. The Labute approximate surface area is 129 Å². The van der Waals surface area contributed by atoms with E-state index >= 15 is 0 Å². The Bertz CT molecular complexity index is 278. The minimum Gasteiger partial charge on any atom is -0.331 e. The van der Waals surface area contributed by atoms with Gasteiger partial charge in [-0.05, 0) is 19.8 Å². The largest absolute Gasteiger partial charge is 0.331 e. The summed E-state index contributed by atoms with van der Waals surface area (Å²) in [5.41, 5.74) is 0. The molecule has 124 valence electrons. The predicted molar refractivity (Wildman–Crippen MR) is 82.9 cm³/mol. The van der Waals surface area contributed by atoms with Gasteiger partial charge in [0, 0.05) is 27.8 Å². The number of methoxy groups -OCH3 is 3. The molecule has 0 aromatic heterocycles. The molecule has 0 aromatic carbocycles. The molecule has 5 heteroatoms. The smallest absolute Gasteiger partial charge is 0.282 e. The zero-order chi connectivity index (χ0) is 16.0. The SMILES string of the molecule is COC(CCCCCCCCCC(C)N=C=O)(OC)OC. The minimum absolute atomic E-state index is 0.118. The lowest BCUT2D eigenvalue weighted by atomic mass is 10.0. The molecule has 0 aliphatic rings. The van der Waals surface area contributed by atoms with Crippen molar-refractivity contribution in [2.75, 3.05) is 21.3 Å². The second-order valence-corrected chi connectivity index (χ2v) is 5.38. The maximum Gasteiger partial charge on any atom is 0.282 e. The van der Waals surface area contributed by atoms with Crippen molar-refractivity contribution >= 4 is 6.08 Å². The van der Waals surface area contributed by atoms with E-state index < -0.39 is 5.97 Å². The van der Waals surface area contributed by atoms with Crippen LogP contribution in [0.2, 0.25) is 0 Å². The molecule has 0 fully saturated rings. The van der Waals surface area contributed by atoms with Crippen molar-refractivity contribution in [3.05, 3.63) is 0 Å². The van der Waals surface area contributed by atoms with Gasteiger partial charge in [0.15, 0.2) is 0 Å². The van der Waals surface area contributed by atoms with Crippen molar-refractivity contribution in [1.29, 1.82) is 0 Å². The summed E-state index contributed by atoms with van der Waals surface area (Å²) in [5.74, 6) is -0.880. The Balaban J connectivity index is 3.46. The number of hydrogen-bond acceptors (Lipinski definition) is 5. The highest BCUT2D eigenvalue weighted by Crippen LogP contribution is 2.21. The minimum atomic E-state index is -0.880. The molecule has 0 radical (unpaired) electrons. The molecule has 5 nitrogen and oxygen atoms in total. The van der Waals surface area contributed by atoms with Gasteiger partial charge in [0.05, 0.1) is 6.04 Å². The highest BCUT2D eigenvalue weighted by atomic mass is 16.9. The molecule has 0 aliphatic heterocycles. The van der Waals surface area contributed by atoms with E-state index in [1.807, 2.05) is 6.92 Å². The van der Waals surface area contributed by atoms with Crippen LogP contribution in [0.15, 0.2) is 4.99 Å². The fraction of sp³-hybridized carbons (Fsp3) is 0.938. The number of carbonyl (C=O) groups excluding carboxylic acids is 1. The van der Waals surface area contributed by atoms with Crippen LogP contribution in [0.3, 0.4) is 0 Å². The van der Waals surface area contributed by atoms with Gasteiger partial charge in [0.2, 0.25) is 6.08 Å². The highest BCUT2D eigenvalue weighted by molar-refractivity contribution is 5.33. The van der Waals surface area contributed by atoms with E-state index in [9.17, 15) is 4.79 Å². The normalized spacial score (nSPS) is 13.0. The third-order valence-electron chi connectivity index (χ3n) is 3.81. The molecule has 0 aliphatic carbocycles. The Morgan fingerprint density at radius 3 is 1.86 bits per heavy atom. The van der Waals surface area contributed by atoms with Gasteiger partial charge in [-0.2, -0.15) is 0 Å². The van der Waals surface area contributed by atoms with Crippen molar-refractivity contribution in [1.82, 2.24) is 0 Å². The van der Waals surface area contributed by atoms with Crippen LogP contribution >= 0.6 is 0 Å². The summed E-state index contributed by atoms with van der Waals surface area (Å²) in [7, 11) is 4.80. The maximum absolute atomic E-state index is 10.1. The fourth-order valence-electron chi connectivity index (χ4n) is 2.38. The highest BCUT2D eigenvalue weighted by Gasteiger charge is 2.28. The quantitative estimate of drug-likeness (QED) is 0.212. The van der Waals surface area contributed by atoms with Gasteiger partial charge in [0.1, 0.15) is 0 Å². The number of ether oxygens (including phenoxy) is 3. The van der Waals surface area contributed by atoms with Crippen molar-refractivity contribution in [3.63, 3.8) is 0 Å². The van der Waals surface area contributed by atoms with E-state index in [1.165, 1.54) is 25.7 Å². The summed E-state index contributed by atoms with van der Waals surface area (Å²) in [4.78, 5) is 13.8. The lowest BCUT2D eigenvalue weighted by Gasteiger charge is -2.28. The molecule has 0 spiro atoms. The summed E-state index contributed by atoms with van der Waals surface area (Å²) in [6, 6.07) is 0.118. The Kier molecular flexibility index (Phi) is 12.5. The lowest BCUT2D eigenvalue weighted by Crippen LogP contribution is -2.35.